The van der Waals surface area contributed by atoms with E-state index in [0.717, 1.165) is 35.3 Å². The number of hydrogen-bond acceptors (Lipinski definition) is 1. The lowest BCUT2D eigenvalue weighted by Gasteiger charge is -1.95. The van der Waals surface area contributed by atoms with Gasteiger partial charge in [0, 0.05) is 23.2 Å². The first-order valence-electron chi connectivity index (χ1n) is 4.80. The van der Waals surface area contributed by atoms with E-state index in [1.165, 1.54) is 0 Å². The van der Waals surface area contributed by atoms with Gasteiger partial charge in [0.15, 0.2) is 0 Å². The molecule has 1 aromatic heterocycles. The van der Waals surface area contributed by atoms with Crippen LogP contribution in [-0.4, -0.2) is 11.3 Å². The first-order valence-corrected chi connectivity index (χ1v) is 5.18. The minimum atomic E-state index is 0.574. The molecule has 3 heteroatoms. The van der Waals surface area contributed by atoms with Crippen LogP contribution in [0.25, 0.3) is 12.7 Å². The molecule has 0 aliphatic rings. The van der Waals surface area contributed by atoms with Crippen molar-refractivity contribution in [3.63, 3.8) is 0 Å². The maximum atomic E-state index is 10.1. The molecule has 2 nitrogen and oxygen atoms in total. The number of carbonyl (C=O) groups excluding carboxylic acids is 1. The Balaban J connectivity index is 2.75. The van der Waals surface area contributed by atoms with E-state index in [0.29, 0.717) is 11.4 Å². The molecule has 0 atom stereocenters. The van der Waals surface area contributed by atoms with Gasteiger partial charge < -0.3 is 9.78 Å². The van der Waals surface area contributed by atoms with Crippen LogP contribution in [0.4, 0.5) is 0 Å². The summed E-state index contributed by atoms with van der Waals surface area (Å²) in [5.74, 6) is 0. The molecule has 0 bridgehead atoms. The summed E-state index contributed by atoms with van der Waals surface area (Å²) in [5, 5.41) is 2.32. The monoisotopic (exact) mass is 223 g/mol. The van der Waals surface area contributed by atoms with E-state index in [2.05, 4.69) is 18.1 Å². The molecular weight excluding hydrogens is 210 g/mol. The van der Waals surface area contributed by atoms with Crippen molar-refractivity contribution in [2.24, 2.45) is 0 Å². The molecule has 0 spiro atoms. The zero-order chi connectivity index (χ0) is 11.3. The highest BCUT2D eigenvalue weighted by molar-refractivity contribution is 6.30. The molecule has 80 valence electrons. The topological polar surface area (TPSA) is 32.9 Å². The fourth-order valence-corrected chi connectivity index (χ4v) is 1.52. The molecule has 0 amide bonds. The van der Waals surface area contributed by atoms with Gasteiger partial charge in [0.1, 0.15) is 6.29 Å². The Bertz CT molecular complexity index is 458. The van der Waals surface area contributed by atoms with Gasteiger partial charge in [0.25, 0.3) is 0 Å². The molecule has 0 unspecified atom stereocenters. The Labute approximate surface area is 94.0 Å². The number of aromatic amines is 1. The van der Waals surface area contributed by atoms with Crippen LogP contribution in [-0.2, 0) is 4.79 Å². The van der Waals surface area contributed by atoms with E-state index in [4.69, 9.17) is 11.6 Å². The zero-order valence-corrected chi connectivity index (χ0v) is 9.31. The summed E-state index contributed by atoms with van der Waals surface area (Å²) < 4.78 is 0. The van der Waals surface area contributed by atoms with Gasteiger partial charge in [-0.3, -0.25) is 0 Å². The number of aldehydes is 1. The highest BCUT2D eigenvalue weighted by Gasteiger charge is 1.95. The largest absolute Gasteiger partial charge is 0.360 e. The van der Waals surface area contributed by atoms with Gasteiger partial charge in [-0.1, -0.05) is 30.3 Å². The van der Waals surface area contributed by atoms with Gasteiger partial charge in [-0.25, -0.2) is 0 Å². The predicted octanol–water partition coefficient (Wildman–Crippen LogP) is 1.78. The third kappa shape index (κ3) is 3.40. The molecule has 0 aliphatic carbocycles. The molecule has 15 heavy (non-hydrogen) atoms. The van der Waals surface area contributed by atoms with Crippen LogP contribution in [0.2, 0.25) is 5.02 Å². The van der Waals surface area contributed by atoms with E-state index < -0.39 is 0 Å². The Morgan fingerprint density at radius 2 is 2.33 bits per heavy atom. The number of rotatable bonds is 5. The van der Waals surface area contributed by atoms with Crippen molar-refractivity contribution in [2.75, 3.05) is 0 Å². The number of halogens is 1. The normalized spacial score (nSPS) is 11.7. The summed E-state index contributed by atoms with van der Waals surface area (Å²) >= 11 is 5.95. The number of nitrogens with one attached hydrogen (secondary N) is 1. The van der Waals surface area contributed by atoms with Crippen LogP contribution in [0.3, 0.4) is 0 Å². The Morgan fingerprint density at radius 1 is 1.60 bits per heavy atom. The van der Waals surface area contributed by atoms with Gasteiger partial charge in [-0.2, -0.15) is 0 Å². The second-order valence-corrected chi connectivity index (χ2v) is 3.80. The van der Waals surface area contributed by atoms with Crippen LogP contribution < -0.4 is 10.6 Å². The van der Waals surface area contributed by atoms with Crippen molar-refractivity contribution in [3.8, 4) is 0 Å². The molecule has 1 rings (SSSR count). The average Bonchev–Trinajstić information content (AvgIpc) is 2.50. The third-order valence-electron chi connectivity index (χ3n) is 2.12. The van der Waals surface area contributed by atoms with E-state index in [1.807, 2.05) is 6.08 Å². The molecule has 0 radical (unpaired) electrons. The van der Waals surface area contributed by atoms with Crippen molar-refractivity contribution in [1.82, 2.24) is 4.98 Å². The van der Waals surface area contributed by atoms with Gasteiger partial charge in [-0.05, 0) is 18.9 Å². The van der Waals surface area contributed by atoms with E-state index in [1.54, 1.807) is 6.20 Å². The molecular formula is C12H14ClNO. The lowest BCUT2D eigenvalue weighted by molar-refractivity contribution is -0.107. The van der Waals surface area contributed by atoms with Crippen molar-refractivity contribution < 1.29 is 4.79 Å². The van der Waals surface area contributed by atoms with Gasteiger partial charge in [0.2, 0.25) is 0 Å². The van der Waals surface area contributed by atoms with Gasteiger partial charge in [-0.15, -0.1) is 0 Å². The third-order valence-corrected chi connectivity index (χ3v) is 2.44. The lowest BCUT2D eigenvalue weighted by atomic mass is 10.1. The summed E-state index contributed by atoms with van der Waals surface area (Å²) in [4.78, 5) is 13.1. The van der Waals surface area contributed by atoms with Crippen LogP contribution in [0.15, 0.2) is 18.3 Å². The fourth-order valence-electron chi connectivity index (χ4n) is 1.29. The van der Waals surface area contributed by atoms with Crippen molar-refractivity contribution >= 4 is 30.5 Å². The van der Waals surface area contributed by atoms with Crippen molar-refractivity contribution in [1.29, 1.82) is 0 Å². The highest BCUT2D eigenvalue weighted by Crippen LogP contribution is 2.06. The first-order chi connectivity index (χ1) is 7.15. The van der Waals surface area contributed by atoms with Crippen molar-refractivity contribution in [2.45, 2.75) is 19.3 Å². The van der Waals surface area contributed by atoms with Crippen LogP contribution in [0.1, 0.15) is 19.3 Å². The average molecular weight is 224 g/mol. The summed E-state index contributed by atoms with van der Waals surface area (Å²) in [5.41, 5.74) is 0.961. The standard InChI is InChI=1S/C12H14ClNO/c1-9(5-3-4-6-15)7-11-10(2)14-8-12(11)13/h6-8,14H,1-5H2. The molecule has 1 N–H and O–H groups in total. The van der Waals surface area contributed by atoms with Crippen LogP contribution in [0.5, 0.6) is 0 Å². The molecule has 0 saturated carbocycles. The molecule has 0 fully saturated rings. The second-order valence-electron chi connectivity index (χ2n) is 3.39. The van der Waals surface area contributed by atoms with Crippen molar-refractivity contribution in [3.05, 3.63) is 33.9 Å². The Hall–Kier alpha value is -1.28. The van der Waals surface area contributed by atoms with E-state index in [-0.39, 0.29) is 0 Å². The fraction of sp³-hybridized carbons (Fsp3) is 0.250. The maximum absolute atomic E-state index is 10.1. The molecule has 1 aromatic rings. The zero-order valence-electron chi connectivity index (χ0n) is 8.55. The number of allylic oxidation sites excluding steroid dienone is 1. The number of hydrogen-bond donors (Lipinski definition) is 1. The quantitative estimate of drug-likeness (QED) is 0.599. The van der Waals surface area contributed by atoms with Crippen LogP contribution in [0, 0.1) is 0 Å². The van der Waals surface area contributed by atoms with Crippen LogP contribution >= 0.6 is 11.6 Å². The number of carbonyl (C=O) groups is 1. The Morgan fingerprint density at radius 3 is 2.87 bits per heavy atom. The maximum Gasteiger partial charge on any atom is 0.120 e. The minimum absolute atomic E-state index is 0.574. The van der Waals surface area contributed by atoms with Gasteiger partial charge >= 0.3 is 0 Å². The lowest BCUT2D eigenvalue weighted by Crippen LogP contribution is -2.21. The molecule has 0 aliphatic heterocycles. The smallest absolute Gasteiger partial charge is 0.120 e. The first kappa shape index (κ1) is 11.8. The Kier molecular flexibility index (Phi) is 4.37. The number of aromatic nitrogens is 1. The summed E-state index contributed by atoms with van der Waals surface area (Å²) in [6.45, 7) is 7.73. The van der Waals surface area contributed by atoms with E-state index >= 15 is 0 Å². The highest BCUT2D eigenvalue weighted by atomic mass is 35.5. The summed E-state index contributed by atoms with van der Waals surface area (Å²) in [6.07, 6.45) is 6.74. The molecule has 0 saturated heterocycles. The predicted molar refractivity (Wildman–Crippen MR) is 64.1 cm³/mol. The van der Waals surface area contributed by atoms with Gasteiger partial charge in [0.05, 0.1) is 5.02 Å². The summed E-state index contributed by atoms with van der Waals surface area (Å²) in [6, 6.07) is 0. The second kappa shape index (κ2) is 5.56. The molecule has 0 aromatic carbocycles. The molecule has 1 heterocycles. The SMILES string of the molecule is C=C(C=c1c(Cl)c[nH]c1=C)CCCC=O. The number of H-pyrrole nitrogens is 1. The minimum Gasteiger partial charge on any atom is -0.360 e. The number of unbranched alkanes of at least 4 members (excludes halogenated alkanes) is 1. The summed E-state index contributed by atoms with van der Waals surface area (Å²) in [7, 11) is 0. The van der Waals surface area contributed by atoms with E-state index in [9.17, 15) is 4.79 Å².